The molecule has 0 spiro atoms. The minimum absolute atomic E-state index is 0.112. The molecule has 0 amide bonds. The maximum Gasteiger partial charge on any atom is 0.265 e. The minimum Gasteiger partial charge on any atom is -0.286 e. The zero-order chi connectivity index (χ0) is 9.83. The second-order valence-electron chi connectivity index (χ2n) is 2.11. The van der Waals surface area contributed by atoms with Crippen molar-refractivity contribution < 1.29 is 25.9 Å². The quantitative estimate of drug-likeness (QED) is 0.468. The highest BCUT2D eigenvalue weighted by Gasteiger charge is 2.07. The van der Waals surface area contributed by atoms with Crippen molar-refractivity contribution in [3.05, 3.63) is 6.42 Å². The van der Waals surface area contributed by atoms with Crippen LogP contribution in [-0.2, 0) is 20.2 Å². The predicted molar refractivity (Wildman–Crippen MR) is 41.7 cm³/mol. The molecule has 0 atom stereocenters. The molecule has 0 saturated heterocycles. The van der Waals surface area contributed by atoms with E-state index in [9.17, 15) is 16.8 Å². The van der Waals surface area contributed by atoms with Gasteiger partial charge in [-0.15, -0.1) is 0 Å². The third kappa shape index (κ3) is 9.82. The van der Waals surface area contributed by atoms with Gasteiger partial charge in [0.1, 0.15) is 0 Å². The summed E-state index contributed by atoms with van der Waals surface area (Å²) in [5, 5.41) is 0. The van der Waals surface area contributed by atoms with Gasteiger partial charge in [-0.3, -0.25) is 9.11 Å². The largest absolute Gasteiger partial charge is 0.286 e. The lowest BCUT2D eigenvalue weighted by Crippen LogP contribution is -2.08. The molecule has 1 radical (unpaired) electrons. The molecule has 0 rings (SSSR count). The lowest BCUT2D eigenvalue weighted by molar-refractivity contribution is 0.478. The van der Waals surface area contributed by atoms with Gasteiger partial charge in [-0.1, -0.05) is 0 Å². The van der Waals surface area contributed by atoms with E-state index in [0.717, 1.165) is 6.42 Å². The molecule has 2 N–H and O–H groups in total. The van der Waals surface area contributed by atoms with Crippen molar-refractivity contribution in [1.82, 2.24) is 0 Å². The fraction of sp³-hybridized carbons (Fsp3) is 0.750. The summed E-state index contributed by atoms with van der Waals surface area (Å²) in [6.07, 6.45) is 0.946. The average molecular weight is 217 g/mol. The number of hydrogen-bond donors (Lipinski definition) is 2. The predicted octanol–water partition coefficient (Wildman–Crippen LogP) is -0.644. The average Bonchev–Trinajstić information content (AvgIpc) is 1.76. The zero-order valence-corrected chi connectivity index (χ0v) is 7.68. The minimum atomic E-state index is -4.07. The fourth-order valence-electron chi connectivity index (χ4n) is 0.465. The van der Waals surface area contributed by atoms with Gasteiger partial charge in [0.15, 0.2) is 0 Å². The van der Waals surface area contributed by atoms with Gasteiger partial charge >= 0.3 is 0 Å². The molecule has 0 bridgehead atoms. The molecular formula is C4H9O6S2. The number of rotatable bonds is 5. The summed E-state index contributed by atoms with van der Waals surface area (Å²) < 4.78 is 56.7. The lowest BCUT2D eigenvalue weighted by Gasteiger charge is -1.95. The molecule has 12 heavy (non-hydrogen) atoms. The Hall–Kier alpha value is -0.180. The maximum absolute atomic E-state index is 10.1. The molecule has 0 aliphatic heterocycles. The van der Waals surface area contributed by atoms with Crippen LogP contribution in [0.2, 0.25) is 0 Å². The van der Waals surface area contributed by atoms with Gasteiger partial charge in [-0.05, 0) is 12.8 Å². The fourth-order valence-corrected chi connectivity index (χ4v) is 1.39. The van der Waals surface area contributed by atoms with Gasteiger partial charge in [0.2, 0.25) is 0 Å². The van der Waals surface area contributed by atoms with Gasteiger partial charge in [0.25, 0.3) is 20.2 Å². The Bertz CT molecular complexity index is 277. The number of hydrogen-bond acceptors (Lipinski definition) is 4. The molecule has 0 fully saturated rings. The topological polar surface area (TPSA) is 109 Å². The molecule has 0 aliphatic rings. The van der Waals surface area contributed by atoms with Crippen LogP contribution in [0.1, 0.15) is 6.42 Å². The van der Waals surface area contributed by atoms with Crippen LogP contribution >= 0.6 is 0 Å². The van der Waals surface area contributed by atoms with E-state index in [1.165, 1.54) is 0 Å². The summed E-state index contributed by atoms with van der Waals surface area (Å²) in [6, 6.07) is 0. The second kappa shape index (κ2) is 4.17. The van der Waals surface area contributed by atoms with Crippen LogP contribution in [-0.4, -0.2) is 37.4 Å². The Balaban J connectivity index is 3.62. The molecule has 8 heteroatoms. The molecule has 0 heterocycles. The van der Waals surface area contributed by atoms with Crippen molar-refractivity contribution in [2.45, 2.75) is 6.42 Å². The molecule has 0 aromatic heterocycles. The first kappa shape index (κ1) is 11.8. The van der Waals surface area contributed by atoms with Crippen LogP contribution in [0.4, 0.5) is 0 Å². The van der Waals surface area contributed by atoms with Crippen LogP contribution in [0.3, 0.4) is 0 Å². The summed E-state index contributed by atoms with van der Waals surface area (Å²) >= 11 is 0. The molecular weight excluding hydrogens is 208 g/mol. The zero-order valence-electron chi connectivity index (χ0n) is 6.04. The molecule has 0 aromatic carbocycles. The van der Waals surface area contributed by atoms with E-state index in [2.05, 4.69) is 0 Å². The Morgan fingerprint density at radius 2 is 1.50 bits per heavy atom. The molecule has 0 aromatic rings. The first-order valence-electron chi connectivity index (χ1n) is 2.93. The Kier molecular flexibility index (Phi) is 4.11. The van der Waals surface area contributed by atoms with Crippen LogP contribution in [0.25, 0.3) is 0 Å². The van der Waals surface area contributed by atoms with Crippen LogP contribution in [0.15, 0.2) is 0 Å². The Morgan fingerprint density at radius 1 is 1.00 bits per heavy atom. The van der Waals surface area contributed by atoms with Gasteiger partial charge in [0.05, 0.1) is 11.5 Å². The smallest absolute Gasteiger partial charge is 0.265 e. The van der Waals surface area contributed by atoms with Crippen molar-refractivity contribution in [3.63, 3.8) is 0 Å². The van der Waals surface area contributed by atoms with E-state index >= 15 is 0 Å². The normalized spacial score (nSPS) is 13.2. The van der Waals surface area contributed by atoms with Crippen molar-refractivity contribution >= 4 is 20.2 Å². The second-order valence-corrected chi connectivity index (χ2v) is 5.18. The van der Waals surface area contributed by atoms with E-state index in [-0.39, 0.29) is 6.42 Å². The van der Waals surface area contributed by atoms with Crippen LogP contribution in [0.5, 0.6) is 0 Å². The summed E-state index contributed by atoms with van der Waals surface area (Å²) in [7, 11) is -8.12. The molecule has 6 nitrogen and oxygen atoms in total. The Labute approximate surface area is 71.1 Å². The monoisotopic (exact) mass is 217 g/mol. The van der Waals surface area contributed by atoms with Crippen LogP contribution in [0, 0.1) is 6.42 Å². The molecule has 73 valence electrons. The summed E-state index contributed by atoms with van der Waals surface area (Å²) in [5.74, 6) is -1.15. The van der Waals surface area contributed by atoms with Crippen molar-refractivity contribution in [2.24, 2.45) is 0 Å². The molecule has 0 saturated carbocycles. The highest BCUT2D eigenvalue weighted by Crippen LogP contribution is 1.95. The van der Waals surface area contributed by atoms with E-state index in [4.69, 9.17) is 9.11 Å². The SMILES string of the molecule is O=S(=O)(O)C[CH]CCS(=O)(=O)O. The summed E-state index contributed by atoms with van der Waals surface area (Å²) in [4.78, 5) is 0. The third-order valence-corrected chi connectivity index (χ3v) is 2.32. The van der Waals surface area contributed by atoms with E-state index in [1.807, 2.05) is 0 Å². The van der Waals surface area contributed by atoms with Crippen molar-refractivity contribution in [1.29, 1.82) is 0 Å². The Morgan fingerprint density at radius 3 is 1.83 bits per heavy atom. The van der Waals surface area contributed by atoms with E-state index < -0.39 is 31.7 Å². The van der Waals surface area contributed by atoms with Crippen LogP contribution < -0.4 is 0 Å². The first-order valence-corrected chi connectivity index (χ1v) is 6.14. The maximum atomic E-state index is 10.1. The van der Waals surface area contributed by atoms with Crippen molar-refractivity contribution in [2.75, 3.05) is 11.5 Å². The summed E-state index contributed by atoms with van der Waals surface area (Å²) in [6.45, 7) is 0. The van der Waals surface area contributed by atoms with E-state index in [0.29, 0.717) is 0 Å². The third-order valence-electron chi connectivity index (χ3n) is 0.908. The van der Waals surface area contributed by atoms with Crippen molar-refractivity contribution in [3.8, 4) is 0 Å². The summed E-state index contributed by atoms with van der Waals surface area (Å²) in [5.41, 5.74) is 0. The van der Waals surface area contributed by atoms with E-state index in [1.54, 1.807) is 0 Å². The van der Waals surface area contributed by atoms with Gasteiger partial charge in [0, 0.05) is 0 Å². The molecule has 0 unspecified atom stereocenters. The van der Waals surface area contributed by atoms with Gasteiger partial charge in [-0.2, -0.15) is 16.8 Å². The standard InChI is InChI=1S/C4H9O6S2/c5-11(6,7)3-1-2-4-12(8,9)10/h1H,2-4H2,(H,5,6,7)(H,8,9,10). The first-order chi connectivity index (χ1) is 5.21. The highest BCUT2D eigenvalue weighted by atomic mass is 32.2. The highest BCUT2D eigenvalue weighted by molar-refractivity contribution is 7.86. The van der Waals surface area contributed by atoms with Gasteiger partial charge in [-0.25, -0.2) is 0 Å². The lowest BCUT2D eigenvalue weighted by atomic mass is 10.4. The number of unbranched alkanes of at least 4 members (excludes halogenated alkanes) is 1. The molecule has 0 aliphatic carbocycles. The van der Waals surface area contributed by atoms with Gasteiger partial charge < -0.3 is 0 Å².